The molecule has 0 atom stereocenters. The first kappa shape index (κ1) is 13.5. The number of likely N-dealkylation sites (N-methyl/N-ethyl adjacent to an activating group) is 1. The molecule has 90 valence electrons. The average Bonchev–Trinajstić information content (AvgIpc) is 2.25. The van der Waals surface area contributed by atoms with Crippen molar-refractivity contribution in [2.75, 3.05) is 20.7 Å². The normalized spacial score (nSPS) is 11.2. The van der Waals surface area contributed by atoms with E-state index in [2.05, 4.69) is 53.9 Å². The maximum atomic E-state index is 5.21. The van der Waals surface area contributed by atoms with Crippen LogP contribution in [0.2, 0.25) is 0 Å². The summed E-state index contributed by atoms with van der Waals surface area (Å²) in [7, 11) is 3.84. The second-order valence-electron chi connectivity index (χ2n) is 4.29. The summed E-state index contributed by atoms with van der Waals surface area (Å²) in [4.78, 5) is 2.35. The van der Waals surface area contributed by atoms with Crippen molar-refractivity contribution in [1.29, 1.82) is 0 Å². The summed E-state index contributed by atoms with van der Waals surface area (Å²) in [5, 5.41) is 0. The molecule has 0 radical (unpaired) electrons. The molecule has 3 heteroatoms. The summed E-state index contributed by atoms with van der Waals surface area (Å²) < 4.78 is 6.23. The van der Waals surface area contributed by atoms with E-state index in [-0.39, 0.29) is 0 Å². The van der Waals surface area contributed by atoms with Crippen LogP contribution in [0.1, 0.15) is 19.4 Å². The van der Waals surface area contributed by atoms with Crippen LogP contribution >= 0.6 is 15.9 Å². The molecule has 0 saturated carbocycles. The van der Waals surface area contributed by atoms with E-state index in [0.29, 0.717) is 6.04 Å². The minimum absolute atomic E-state index is 0.599. The highest BCUT2D eigenvalue weighted by atomic mass is 79.9. The van der Waals surface area contributed by atoms with Crippen LogP contribution in [0.5, 0.6) is 5.75 Å². The van der Waals surface area contributed by atoms with E-state index in [1.54, 1.807) is 7.11 Å². The lowest BCUT2D eigenvalue weighted by molar-refractivity contribution is 0.277. The summed E-state index contributed by atoms with van der Waals surface area (Å²) in [6, 6.07) is 6.86. The van der Waals surface area contributed by atoms with E-state index in [4.69, 9.17) is 4.74 Å². The van der Waals surface area contributed by atoms with Gasteiger partial charge in [-0.1, -0.05) is 6.07 Å². The molecule has 0 heterocycles. The highest BCUT2D eigenvalue weighted by Crippen LogP contribution is 2.25. The third-order valence-corrected chi connectivity index (χ3v) is 3.47. The van der Waals surface area contributed by atoms with Crippen molar-refractivity contribution >= 4 is 15.9 Å². The average molecular weight is 286 g/mol. The van der Waals surface area contributed by atoms with Crippen molar-refractivity contribution in [1.82, 2.24) is 4.90 Å². The minimum atomic E-state index is 0.599. The van der Waals surface area contributed by atoms with Crippen LogP contribution in [0.3, 0.4) is 0 Å². The number of rotatable bonds is 5. The monoisotopic (exact) mass is 285 g/mol. The molecule has 0 spiro atoms. The number of methoxy groups -OCH3 is 1. The molecule has 16 heavy (non-hydrogen) atoms. The van der Waals surface area contributed by atoms with Gasteiger partial charge in [0.2, 0.25) is 0 Å². The van der Waals surface area contributed by atoms with Crippen molar-refractivity contribution in [3.05, 3.63) is 28.2 Å². The van der Waals surface area contributed by atoms with Crippen molar-refractivity contribution in [2.24, 2.45) is 0 Å². The quantitative estimate of drug-likeness (QED) is 0.823. The molecule has 0 aliphatic heterocycles. The predicted molar refractivity (Wildman–Crippen MR) is 72.2 cm³/mol. The Morgan fingerprint density at radius 3 is 2.56 bits per heavy atom. The van der Waals surface area contributed by atoms with Gasteiger partial charge in [0.05, 0.1) is 11.6 Å². The predicted octanol–water partition coefficient (Wildman–Crippen LogP) is 3.34. The Morgan fingerprint density at radius 1 is 1.38 bits per heavy atom. The van der Waals surface area contributed by atoms with Crippen LogP contribution < -0.4 is 4.74 Å². The Kier molecular flexibility index (Phi) is 5.29. The van der Waals surface area contributed by atoms with Crippen LogP contribution in [0.4, 0.5) is 0 Å². The maximum Gasteiger partial charge on any atom is 0.133 e. The molecule has 1 aromatic carbocycles. The number of ether oxygens (including phenoxy) is 1. The van der Waals surface area contributed by atoms with Crippen molar-refractivity contribution in [3.8, 4) is 5.75 Å². The Bertz CT molecular complexity index is 339. The van der Waals surface area contributed by atoms with E-state index in [0.717, 1.165) is 23.2 Å². The van der Waals surface area contributed by atoms with E-state index < -0.39 is 0 Å². The first-order chi connectivity index (χ1) is 7.54. The molecule has 0 unspecified atom stereocenters. The Balaban J connectivity index is 2.58. The summed E-state index contributed by atoms with van der Waals surface area (Å²) in [6.45, 7) is 5.50. The number of halogens is 1. The zero-order valence-electron chi connectivity index (χ0n) is 10.5. The molecule has 0 aromatic heterocycles. The SMILES string of the molecule is COc1ccc(CCN(C)C(C)C)cc1Br. The van der Waals surface area contributed by atoms with Crippen molar-refractivity contribution < 1.29 is 4.74 Å². The maximum absolute atomic E-state index is 5.21. The largest absolute Gasteiger partial charge is 0.496 e. The van der Waals surface area contributed by atoms with Gasteiger partial charge in [-0.2, -0.15) is 0 Å². The van der Waals surface area contributed by atoms with Crippen LogP contribution in [0.25, 0.3) is 0 Å². The fourth-order valence-corrected chi connectivity index (χ4v) is 2.02. The van der Waals surface area contributed by atoms with Gasteiger partial charge in [-0.05, 0) is 60.9 Å². The summed E-state index contributed by atoms with van der Waals surface area (Å²) in [6.07, 6.45) is 1.07. The second kappa shape index (κ2) is 6.26. The first-order valence-electron chi connectivity index (χ1n) is 5.57. The number of hydrogen-bond acceptors (Lipinski definition) is 2. The van der Waals surface area contributed by atoms with Crippen LogP contribution in [-0.2, 0) is 6.42 Å². The van der Waals surface area contributed by atoms with Gasteiger partial charge in [0.15, 0.2) is 0 Å². The highest BCUT2D eigenvalue weighted by molar-refractivity contribution is 9.10. The highest BCUT2D eigenvalue weighted by Gasteiger charge is 2.05. The molecule has 0 aliphatic rings. The molecular weight excluding hydrogens is 266 g/mol. The van der Waals surface area contributed by atoms with Gasteiger partial charge in [-0.3, -0.25) is 0 Å². The smallest absolute Gasteiger partial charge is 0.133 e. The molecule has 0 fully saturated rings. The molecule has 0 saturated heterocycles. The fourth-order valence-electron chi connectivity index (χ4n) is 1.43. The van der Waals surface area contributed by atoms with Crippen molar-refractivity contribution in [2.45, 2.75) is 26.3 Å². The van der Waals surface area contributed by atoms with E-state index >= 15 is 0 Å². The molecular formula is C13H20BrNO. The molecule has 0 amide bonds. The second-order valence-corrected chi connectivity index (χ2v) is 5.15. The molecule has 0 N–H and O–H groups in total. The van der Waals surface area contributed by atoms with Gasteiger partial charge < -0.3 is 9.64 Å². The molecule has 2 nitrogen and oxygen atoms in total. The van der Waals surface area contributed by atoms with Gasteiger partial charge in [-0.15, -0.1) is 0 Å². The standard InChI is InChI=1S/C13H20BrNO/c1-10(2)15(3)8-7-11-5-6-13(16-4)12(14)9-11/h5-6,9-10H,7-8H2,1-4H3. The van der Waals surface area contributed by atoms with Gasteiger partial charge in [0.1, 0.15) is 5.75 Å². The third kappa shape index (κ3) is 3.80. The summed E-state index contributed by atoms with van der Waals surface area (Å²) in [5.41, 5.74) is 1.33. The van der Waals surface area contributed by atoms with Crippen LogP contribution in [0, 0.1) is 0 Å². The Morgan fingerprint density at radius 2 is 2.06 bits per heavy atom. The van der Waals surface area contributed by atoms with E-state index in [1.807, 2.05) is 6.07 Å². The Hall–Kier alpha value is -0.540. The lowest BCUT2D eigenvalue weighted by atomic mass is 10.1. The zero-order chi connectivity index (χ0) is 12.1. The van der Waals surface area contributed by atoms with Gasteiger partial charge in [0, 0.05) is 12.6 Å². The van der Waals surface area contributed by atoms with Crippen LogP contribution in [0.15, 0.2) is 22.7 Å². The van der Waals surface area contributed by atoms with Gasteiger partial charge in [-0.25, -0.2) is 0 Å². The number of benzene rings is 1. The van der Waals surface area contributed by atoms with Gasteiger partial charge >= 0.3 is 0 Å². The Labute approximate surface area is 107 Å². The summed E-state index contributed by atoms with van der Waals surface area (Å²) in [5.74, 6) is 0.890. The molecule has 1 rings (SSSR count). The summed E-state index contributed by atoms with van der Waals surface area (Å²) >= 11 is 3.50. The molecule has 0 aliphatic carbocycles. The fraction of sp³-hybridized carbons (Fsp3) is 0.538. The zero-order valence-corrected chi connectivity index (χ0v) is 12.0. The van der Waals surface area contributed by atoms with E-state index in [9.17, 15) is 0 Å². The number of nitrogens with zero attached hydrogens (tertiary/aromatic N) is 1. The first-order valence-corrected chi connectivity index (χ1v) is 6.36. The lowest BCUT2D eigenvalue weighted by Gasteiger charge is -2.20. The van der Waals surface area contributed by atoms with Gasteiger partial charge in [0.25, 0.3) is 0 Å². The van der Waals surface area contributed by atoms with Crippen molar-refractivity contribution in [3.63, 3.8) is 0 Å². The molecule has 0 bridgehead atoms. The molecule has 1 aromatic rings. The third-order valence-electron chi connectivity index (χ3n) is 2.85. The van der Waals surface area contributed by atoms with Crippen LogP contribution in [-0.4, -0.2) is 31.6 Å². The minimum Gasteiger partial charge on any atom is -0.496 e. The van der Waals surface area contributed by atoms with E-state index in [1.165, 1.54) is 5.56 Å². The number of hydrogen-bond donors (Lipinski definition) is 0. The lowest BCUT2D eigenvalue weighted by Crippen LogP contribution is -2.28. The topological polar surface area (TPSA) is 12.5 Å².